The van der Waals surface area contributed by atoms with Crippen molar-refractivity contribution >= 4 is 17.5 Å². The molecule has 0 atom stereocenters. The number of nitrogens with one attached hydrogen (secondary N) is 2. The number of amides is 2. The Balaban J connectivity index is 1.55. The van der Waals surface area contributed by atoms with Crippen molar-refractivity contribution in [2.75, 3.05) is 43.4 Å². The zero-order valence-corrected chi connectivity index (χ0v) is 14.8. The molecule has 26 heavy (non-hydrogen) atoms. The summed E-state index contributed by atoms with van der Waals surface area (Å²) in [6.45, 7) is 4.36. The van der Waals surface area contributed by atoms with Crippen LogP contribution in [0.15, 0.2) is 42.6 Å². The number of hydrogen-bond acceptors (Lipinski definition) is 5. The number of hydrogen-bond donors (Lipinski definition) is 2. The van der Waals surface area contributed by atoms with Crippen molar-refractivity contribution in [3.63, 3.8) is 0 Å². The molecule has 1 saturated heterocycles. The van der Waals surface area contributed by atoms with Gasteiger partial charge in [-0.2, -0.15) is 5.26 Å². The van der Waals surface area contributed by atoms with Gasteiger partial charge < -0.3 is 20.4 Å². The highest BCUT2D eigenvalue weighted by Gasteiger charge is 2.15. The largest absolute Gasteiger partial charge is 0.354 e. The minimum Gasteiger partial charge on any atom is -0.354 e. The molecule has 0 saturated carbocycles. The van der Waals surface area contributed by atoms with E-state index in [1.807, 2.05) is 12.1 Å². The minimum atomic E-state index is -0.307. The third-order valence-electron chi connectivity index (χ3n) is 4.34. The Labute approximate surface area is 153 Å². The van der Waals surface area contributed by atoms with Gasteiger partial charge in [-0.15, -0.1) is 0 Å². The van der Waals surface area contributed by atoms with Gasteiger partial charge in [0.15, 0.2) is 0 Å². The molecule has 0 unspecified atom stereocenters. The number of nitrogens with zero attached hydrogens (tertiary/aromatic N) is 4. The van der Waals surface area contributed by atoms with Crippen LogP contribution in [0.5, 0.6) is 0 Å². The van der Waals surface area contributed by atoms with E-state index in [2.05, 4.69) is 38.5 Å². The van der Waals surface area contributed by atoms with Crippen molar-refractivity contribution in [2.24, 2.45) is 0 Å². The highest BCUT2D eigenvalue weighted by atomic mass is 16.2. The molecule has 7 nitrogen and oxygen atoms in total. The molecule has 1 fully saturated rings. The van der Waals surface area contributed by atoms with E-state index in [0.717, 1.165) is 37.6 Å². The molecule has 0 radical (unpaired) electrons. The first-order chi connectivity index (χ1) is 12.6. The molecule has 1 aromatic heterocycles. The average molecular weight is 350 g/mol. The van der Waals surface area contributed by atoms with E-state index in [1.165, 1.54) is 0 Å². The van der Waals surface area contributed by atoms with Crippen LogP contribution in [-0.4, -0.2) is 49.1 Å². The molecule has 0 aliphatic carbocycles. The Morgan fingerprint density at radius 3 is 2.81 bits per heavy atom. The molecule has 1 aromatic carbocycles. The van der Waals surface area contributed by atoms with Crippen LogP contribution in [0, 0.1) is 11.3 Å². The normalized spacial score (nSPS) is 14.5. The molecule has 0 bridgehead atoms. The molecule has 1 aliphatic heterocycles. The summed E-state index contributed by atoms with van der Waals surface area (Å²) in [5.74, 6) is 0.944. The SMILES string of the molecule is CN1CCN(c2cc(CNC(=O)Nc3cccc(C#N)c3)ccn2)CC1. The van der Waals surface area contributed by atoms with Gasteiger partial charge in [-0.25, -0.2) is 9.78 Å². The fourth-order valence-corrected chi connectivity index (χ4v) is 2.80. The molecule has 1 aliphatic rings. The molecule has 0 spiro atoms. The summed E-state index contributed by atoms with van der Waals surface area (Å²) >= 11 is 0. The lowest BCUT2D eigenvalue weighted by Crippen LogP contribution is -2.44. The molecular weight excluding hydrogens is 328 g/mol. The second kappa shape index (κ2) is 8.32. The van der Waals surface area contributed by atoms with Crippen LogP contribution in [0.3, 0.4) is 0 Å². The molecule has 2 N–H and O–H groups in total. The number of piperazine rings is 1. The van der Waals surface area contributed by atoms with E-state index in [9.17, 15) is 4.79 Å². The Morgan fingerprint density at radius 1 is 1.23 bits per heavy atom. The maximum absolute atomic E-state index is 12.1. The highest BCUT2D eigenvalue weighted by Crippen LogP contribution is 2.15. The zero-order valence-electron chi connectivity index (χ0n) is 14.8. The van der Waals surface area contributed by atoms with Gasteiger partial charge in [-0.05, 0) is 42.9 Å². The van der Waals surface area contributed by atoms with Gasteiger partial charge in [-0.1, -0.05) is 6.07 Å². The minimum absolute atomic E-state index is 0.307. The van der Waals surface area contributed by atoms with Gasteiger partial charge in [0.2, 0.25) is 0 Å². The number of carbonyl (C=O) groups is 1. The molecule has 2 heterocycles. The quantitative estimate of drug-likeness (QED) is 0.881. The van der Waals surface area contributed by atoms with E-state index in [-0.39, 0.29) is 6.03 Å². The van der Waals surface area contributed by atoms with E-state index in [0.29, 0.717) is 17.8 Å². The number of likely N-dealkylation sites (N-methyl/N-ethyl adjacent to an activating group) is 1. The van der Waals surface area contributed by atoms with Crippen LogP contribution >= 0.6 is 0 Å². The standard InChI is InChI=1S/C19H22N6O/c1-24-7-9-25(10-8-24)18-12-16(5-6-21-18)14-22-19(26)23-17-4-2-3-15(11-17)13-20/h2-6,11-12H,7-10,14H2,1H3,(H2,22,23,26). The number of aromatic nitrogens is 1. The fraction of sp³-hybridized carbons (Fsp3) is 0.316. The lowest BCUT2D eigenvalue weighted by Gasteiger charge is -2.33. The first-order valence-electron chi connectivity index (χ1n) is 8.57. The predicted octanol–water partition coefficient (Wildman–Crippen LogP) is 2.03. The summed E-state index contributed by atoms with van der Waals surface area (Å²) in [4.78, 5) is 21.1. The second-order valence-electron chi connectivity index (χ2n) is 6.31. The number of anilines is 2. The number of carbonyl (C=O) groups excluding carboxylic acids is 1. The van der Waals surface area contributed by atoms with Gasteiger partial charge in [-0.3, -0.25) is 0 Å². The van der Waals surface area contributed by atoms with Crippen molar-refractivity contribution in [2.45, 2.75) is 6.54 Å². The van der Waals surface area contributed by atoms with Gasteiger partial charge in [0.1, 0.15) is 5.82 Å². The average Bonchev–Trinajstić information content (AvgIpc) is 2.67. The summed E-state index contributed by atoms with van der Waals surface area (Å²) in [5, 5.41) is 14.5. The monoisotopic (exact) mass is 350 g/mol. The second-order valence-corrected chi connectivity index (χ2v) is 6.31. The van der Waals surface area contributed by atoms with Crippen LogP contribution in [-0.2, 0) is 6.54 Å². The molecule has 7 heteroatoms. The summed E-state index contributed by atoms with van der Waals surface area (Å²) in [6, 6.07) is 12.5. The van der Waals surface area contributed by atoms with Crippen LogP contribution in [0.2, 0.25) is 0 Å². The molecular formula is C19H22N6O. The van der Waals surface area contributed by atoms with Crippen LogP contribution < -0.4 is 15.5 Å². The lowest BCUT2D eigenvalue weighted by atomic mass is 10.2. The number of benzene rings is 1. The zero-order chi connectivity index (χ0) is 18.4. The third-order valence-corrected chi connectivity index (χ3v) is 4.34. The van der Waals surface area contributed by atoms with Gasteiger partial charge >= 0.3 is 6.03 Å². The van der Waals surface area contributed by atoms with Crippen LogP contribution in [0.25, 0.3) is 0 Å². The van der Waals surface area contributed by atoms with Crippen molar-refractivity contribution in [3.05, 3.63) is 53.7 Å². The maximum Gasteiger partial charge on any atom is 0.319 e. The Bertz CT molecular complexity index is 808. The van der Waals surface area contributed by atoms with Gasteiger partial charge in [0.25, 0.3) is 0 Å². The summed E-state index contributed by atoms with van der Waals surface area (Å²) in [6.07, 6.45) is 1.78. The van der Waals surface area contributed by atoms with Crippen LogP contribution in [0.4, 0.5) is 16.3 Å². The number of rotatable bonds is 4. The molecule has 134 valence electrons. The first kappa shape index (κ1) is 17.7. The fourth-order valence-electron chi connectivity index (χ4n) is 2.80. The highest BCUT2D eigenvalue weighted by molar-refractivity contribution is 5.89. The van der Waals surface area contributed by atoms with E-state index in [1.54, 1.807) is 30.5 Å². The summed E-state index contributed by atoms with van der Waals surface area (Å²) in [5.41, 5.74) is 2.10. The van der Waals surface area contributed by atoms with E-state index >= 15 is 0 Å². The molecule has 2 amide bonds. The number of pyridine rings is 1. The first-order valence-corrected chi connectivity index (χ1v) is 8.57. The van der Waals surface area contributed by atoms with Gasteiger partial charge in [0.05, 0.1) is 11.6 Å². The van der Waals surface area contributed by atoms with E-state index < -0.39 is 0 Å². The predicted molar refractivity (Wildman–Crippen MR) is 101 cm³/mol. The molecule has 2 aromatic rings. The van der Waals surface area contributed by atoms with Gasteiger partial charge in [0, 0.05) is 44.6 Å². The Morgan fingerprint density at radius 2 is 2.04 bits per heavy atom. The maximum atomic E-state index is 12.1. The van der Waals surface area contributed by atoms with Crippen molar-refractivity contribution in [1.82, 2.24) is 15.2 Å². The van der Waals surface area contributed by atoms with E-state index in [4.69, 9.17) is 5.26 Å². The summed E-state index contributed by atoms with van der Waals surface area (Å²) in [7, 11) is 2.12. The van der Waals surface area contributed by atoms with Crippen molar-refractivity contribution in [3.8, 4) is 6.07 Å². The molecule has 3 rings (SSSR count). The smallest absolute Gasteiger partial charge is 0.319 e. The third kappa shape index (κ3) is 4.71. The summed E-state index contributed by atoms with van der Waals surface area (Å²) < 4.78 is 0. The number of urea groups is 1. The number of nitriles is 1. The van der Waals surface area contributed by atoms with Crippen LogP contribution in [0.1, 0.15) is 11.1 Å². The van der Waals surface area contributed by atoms with Crippen molar-refractivity contribution < 1.29 is 4.79 Å². The Hall–Kier alpha value is -3.11. The van der Waals surface area contributed by atoms with Crippen molar-refractivity contribution in [1.29, 1.82) is 5.26 Å². The Kier molecular flexibility index (Phi) is 5.66. The topological polar surface area (TPSA) is 84.3 Å². The lowest BCUT2D eigenvalue weighted by molar-refractivity contribution is 0.251.